The summed E-state index contributed by atoms with van der Waals surface area (Å²) in [4.78, 5) is 0. The predicted octanol–water partition coefficient (Wildman–Crippen LogP) is 3.43. The van der Waals surface area contributed by atoms with Crippen LogP contribution in [0.3, 0.4) is 0 Å². The summed E-state index contributed by atoms with van der Waals surface area (Å²) >= 11 is 2.18. The molecule has 1 heterocycles. The van der Waals surface area contributed by atoms with E-state index in [0.29, 0.717) is 11.6 Å². The fourth-order valence-electron chi connectivity index (χ4n) is 2.41. The monoisotopic (exact) mass is 395 g/mol. The normalized spacial score (nSPS) is 10.8. The highest BCUT2D eigenvalue weighted by atomic mass is 127. The molecule has 0 spiro atoms. The van der Waals surface area contributed by atoms with E-state index in [4.69, 9.17) is 15.2 Å². The number of benzene rings is 2. The van der Waals surface area contributed by atoms with Crippen molar-refractivity contribution in [3.63, 3.8) is 0 Å². The summed E-state index contributed by atoms with van der Waals surface area (Å²) in [6.45, 7) is 0. The first-order valence-corrected chi connectivity index (χ1v) is 7.38. The second kappa shape index (κ2) is 5.44. The molecule has 3 rings (SSSR count). The Morgan fingerprint density at radius 1 is 1.10 bits per heavy atom. The van der Waals surface area contributed by atoms with Crippen molar-refractivity contribution in [1.82, 2.24) is 10.2 Å². The number of rotatable bonds is 3. The van der Waals surface area contributed by atoms with Gasteiger partial charge in [0.25, 0.3) is 0 Å². The molecule has 3 aromatic rings. The molecule has 0 aliphatic rings. The van der Waals surface area contributed by atoms with E-state index >= 15 is 0 Å². The van der Waals surface area contributed by atoms with Crippen molar-refractivity contribution >= 4 is 39.2 Å². The number of methoxy groups -OCH3 is 2. The fraction of sp³-hybridized carbons (Fsp3) is 0.133. The topological polar surface area (TPSA) is 73.2 Å². The average Bonchev–Trinajstić information content (AvgIpc) is 2.85. The SMILES string of the molecule is COc1cc(OC)c2ccccc2c1-c1[nH]nc(N)c1I. The number of anilines is 1. The molecule has 1 aromatic heterocycles. The van der Waals surface area contributed by atoms with E-state index in [2.05, 4.69) is 32.8 Å². The summed E-state index contributed by atoms with van der Waals surface area (Å²) in [6.07, 6.45) is 0. The molecule has 0 saturated heterocycles. The smallest absolute Gasteiger partial charge is 0.159 e. The third kappa shape index (κ3) is 2.19. The highest BCUT2D eigenvalue weighted by molar-refractivity contribution is 14.1. The molecule has 0 radical (unpaired) electrons. The number of hydrogen-bond donors (Lipinski definition) is 2. The number of nitrogens with zero attached hydrogens (tertiary/aromatic N) is 1. The molecule has 0 aliphatic heterocycles. The first kappa shape index (κ1) is 14.0. The zero-order chi connectivity index (χ0) is 15.0. The summed E-state index contributed by atoms with van der Waals surface area (Å²) in [5.41, 5.74) is 7.64. The lowest BCUT2D eigenvalue weighted by atomic mass is 10.00. The minimum absolute atomic E-state index is 0.479. The lowest BCUT2D eigenvalue weighted by Gasteiger charge is -2.14. The van der Waals surface area contributed by atoms with E-state index in [0.717, 1.165) is 31.3 Å². The van der Waals surface area contributed by atoms with Crippen LogP contribution in [-0.2, 0) is 0 Å². The molecule has 108 valence electrons. The lowest BCUT2D eigenvalue weighted by Crippen LogP contribution is -1.95. The Bertz CT molecular complexity index is 814. The number of H-pyrrole nitrogens is 1. The van der Waals surface area contributed by atoms with Gasteiger partial charge in [-0.3, -0.25) is 5.10 Å². The van der Waals surface area contributed by atoms with Crippen molar-refractivity contribution in [3.05, 3.63) is 33.9 Å². The fourth-order valence-corrected chi connectivity index (χ4v) is 2.92. The van der Waals surface area contributed by atoms with Crippen LogP contribution < -0.4 is 15.2 Å². The highest BCUT2D eigenvalue weighted by Crippen LogP contribution is 2.43. The van der Waals surface area contributed by atoms with Gasteiger partial charge in [-0.1, -0.05) is 24.3 Å². The molecule has 6 heteroatoms. The van der Waals surface area contributed by atoms with Crippen molar-refractivity contribution in [1.29, 1.82) is 0 Å². The van der Waals surface area contributed by atoms with Crippen LogP contribution in [0, 0.1) is 3.57 Å². The molecule has 21 heavy (non-hydrogen) atoms. The summed E-state index contributed by atoms with van der Waals surface area (Å²) < 4.78 is 11.9. The highest BCUT2D eigenvalue weighted by Gasteiger charge is 2.19. The van der Waals surface area contributed by atoms with Crippen molar-refractivity contribution in [3.8, 4) is 22.8 Å². The maximum atomic E-state index is 5.85. The molecule has 0 saturated carbocycles. The van der Waals surface area contributed by atoms with Gasteiger partial charge in [-0.15, -0.1) is 0 Å². The number of nitrogens with two attached hydrogens (primary N) is 1. The third-order valence-electron chi connectivity index (χ3n) is 3.39. The number of ether oxygens (including phenoxy) is 2. The van der Waals surface area contributed by atoms with Gasteiger partial charge in [0.2, 0.25) is 0 Å². The van der Waals surface area contributed by atoms with Gasteiger partial charge in [0.05, 0.1) is 29.0 Å². The van der Waals surface area contributed by atoms with Crippen LogP contribution in [0.1, 0.15) is 0 Å². The standard InChI is InChI=1S/C15H14IN3O2/c1-20-10-7-11(21-2)12(9-6-4-3-5-8(9)10)14-13(16)15(17)19-18-14/h3-7H,1-2H3,(H3,17,18,19). The predicted molar refractivity (Wildman–Crippen MR) is 91.8 cm³/mol. The lowest BCUT2D eigenvalue weighted by molar-refractivity contribution is 0.399. The van der Waals surface area contributed by atoms with Crippen LogP contribution in [0.4, 0.5) is 5.82 Å². The van der Waals surface area contributed by atoms with Gasteiger partial charge < -0.3 is 15.2 Å². The molecule has 3 N–H and O–H groups in total. The Labute approximate surface area is 135 Å². The molecule has 0 fully saturated rings. The largest absolute Gasteiger partial charge is 0.496 e. The summed E-state index contributed by atoms with van der Waals surface area (Å²) in [5.74, 6) is 1.97. The summed E-state index contributed by atoms with van der Waals surface area (Å²) in [5, 5.41) is 9.10. The van der Waals surface area contributed by atoms with Gasteiger partial charge in [0, 0.05) is 11.5 Å². The van der Waals surface area contributed by atoms with Crippen molar-refractivity contribution in [2.75, 3.05) is 20.0 Å². The summed E-state index contributed by atoms with van der Waals surface area (Å²) in [6, 6.07) is 9.89. The molecular weight excluding hydrogens is 381 g/mol. The quantitative estimate of drug-likeness (QED) is 0.667. The number of nitrogen functional groups attached to an aromatic ring is 1. The van der Waals surface area contributed by atoms with E-state index in [1.54, 1.807) is 14.2 Å². The van der Waals surface area contributed by atoms with Gasteiger partial charge in [-0.25, -0.2) is 0 Å². The number of aromatic amines is 1. The first-order valence-electron chi connectivity index (χ1n) is 6.30. The number of fused-ring (bicyclic) bond motifs is 1. The van der Waals surface area contributed by atoms with Crippen LogP contribution in [0.5, 0.6) is 11.5 Å². The van der Waals surface area contributed by atoms with Gasteiger partial charge in [0.15, 0.2) is 5.82 Å². The Balaban J connectivity index is 2.43. The zero-order valence-electron chi connectivity index (χ0n) is 11.6. The molecule has 0 bridgehead atoms. The Morgan fingerprint density at radius 2 is 1.76 bits per heavy atom. The van der Waals surface area contributed by atoms with E-state index in [9.17, 15) is 0 Å². The van der Waals surface area contributed by atoms with Crippen LogP contribution in [0.15, 0.2) is 30.3 Å². The van der Waals surface area contributed by atoms with E-state index in [1.807, 2.05) is 30.3 Å². The van der Waals surface area contributed by atoms with Gasteiger partial charge in [-0.2, -0.15) is 5.10 Å². The Kier molecular flexibility index (Phi) is 3.62. The van der Waals surface area contributed by atoms with Crippen molar-refractivity contribution < 1.29 is 9.47 Å². The molecular formula is C15H14IN3O2. The first-order chi connectivity index (χ1) is 10.2. The Hall–Kier alpha value is -1.96. The number of halogens is 1. The van der Waals surface area contributed by atoms with Crippen LogP contribution >= 0.6 is 22.6 Å². The van der Waals surface area contributed by atoms with Crippen molar-refractivity contribution in [2.24, 2.45) is 0 Å². The van der Waals surface area contributed by atoms with E-state index in [-0.39, 0.29) is 0 Å². The molecule has 0 aliphatic carbocycles. The minimum atomic E-state index is 0.479. The number of aromatic nitrogens is 2. The second-order valence-corrected chi connectivity index (χ2v) is 5.58. The second-order valence-electron chi connectivity index (χ2n) is 4.50. The Morgan fingerprint density at radius 3 is 2.33 bits per heavy atom. The van der Waals surface area contributed by atoms with E-state index < -0.39 is 0 Å². The van der Waals surface area contributed by atoms with Gasteiger partial charge in [-0.05, 0) is 28.0 Å². The number of hydrogen-bond acceptors (Lipinski definition) is 4. The van der Waals surface area contributed by atoms with Crippen molar-refractivity contribution in [2.45, 2.75) is 0 Å². The molecule has 0 atom stereocenters. The van der Waals surface area contributed by atoms with Gasteiger partial charge >= 0.3 is 0 Å². The average molecular weight is 395 g/mol. The van der Waals surface area contributed by atoms with E-state index in [1.165, 1.54) is 0 Å². The summed E-state index contributed by atoms with van der Waals surface area (Å²) in [7, 11) is 3.29. The van der Waals surface area contributed by atoms with Crippen LogP contribution in [0.25, 0.3) is 22.0 Å². The third-order valence-corrected chi connectivity index (χ3v) is 4.48. The molecule has 2 aromatic carbocycles. The molecule has 0 unspecified atom stereocenters. The maximum Gasteiger partial charge on any atom is 0.159 e. The van der Waals surface area contributed by atoms with Gasteiger partial charge in [0.1, 0.15) is 11.5 Å². The van der Waals surface area contributed by atoms with Crippen LogP contribution in [0.2, 0.25) is 0 Å². The number of nitrogens with one attached hydrogen (secondary N) is 1. The molecule has 5 nitrogen and oxygen atoms in total. The van der Waals surface area contributed by atoms with Crippen LogP contribution in [-0.4, -0.2) is 24.4 Å². The minimum Gasteiger partial charge on any atom is -0.496 e. The maximum absolute atomic E-state index is 5.85. The molecule has 0 amide bonds. The zero-order valence-corrected chi connectivity index (χ0v) is 13.8.